The lowest BCUT2D eigenvalue weighted by Crippen LogP contribution is -2.38. The Morgan fingerprint density at radius 1 is 1.03 bits per heavy atom. The third-order valence-corrected chi connectivity index (χ3v) is 7.35. The summed E-state index contributed by atoms with van der Waals surface area (Å²) in [5.74, 6) is -0.535. The molecule has 1 aromatic heterocycles. The lowest BCUT2D eigenvalue weighted by atomic mass is 9.92. The van der Waals surface area contributed by atoms with Crippen LogP contribution in [0.3, 0.4) is 0 Å². The molecule has 5 rings (SSSR count). The van der Waals surface area contributed by atoms with Crippen LogP contribution in [0.1, 0.15) is 42.0 Å². The second-order valence-electron chi connectivity index (χ2n) is 9.75. The van der Waals surface area contributed by atoms with Gasteiger partial charge in [-0.05, 0) is 42.5 Å². The molecule has 2 aromatic carbocycles. The van der Waals surface area contributed by atoms with Gasteiger partial charge in [0.1, 0.15) is 12.4 Å². The minimum Gasteiger partial charge on any atom is -0.481 e. The number of morpholine rings is 1. The van der Waals surface area contributed by atoms with Gasteiger partial charge >= 0.3 is 5.97 Å². The summed E-state index contributed by atoms with van der Waals surface area (Å²) >= 11 is 0. The van der Waals surface area contributed by atoms with Gasteiger partial charge in [-0.1, -0.05) is 42.8 Å². The number of primary amides is 1. The van der Waals surface area contributed by atoms with Gasteiger partial charge in [-0.2, -0.15) is 0 Å². The Bertz CT molecular complexity index is 1230. The number of amides is 1. The number of hydrogen-bond acceptors (Lipinski definition) is 6. The number of nitrogens with zero attached hydrogens (tertiary/aromatic N) is 2. The topological polar surface area (TPSA) is 96.0 Å². The monoisotopic (exact) mass is 505 g/mol. The van der Waals surface area contributed by atoms with Crippen molar-refractivity contribution < 1.29 is 23.8 Å². The highest BCUT2D eigenvalue weighted by Crippen LogP contribution is 2.42. The Labute approximate surface area is 217 Å². The van der Waals surface area contributed by atoms with E-state index in [1.165, 1.54) is 5.56 Å². The van der Waals surface area contributed by atoms with E-state index in [0.29, 0.717) is 45.1 Å². The van der Waals surface area contributed by atoms with E-state index < -0.39 is 5.97 Å². The molecule has 1 saturated heterocycles. The van der Waals surface area contributed by atoms with Crippen LogP contribution in [0.15, 0.2) is 48.5 Å². The second-order valence-corrected chi connectivity index (χ2v) is 9.75. The lowest BCUT2D eigenvalue weighted by molar-refractivity contribution is -0.146. The van der Waals surface area contributed by atoms with E-state index in [0.717, 1.165) is 54.5 Å². The molecule has 196 valence electrons. The molecule has 0 radical (unpaired) electrons. The maximum Gasteiger partial charge on any atom is 0.344 e. The molecule has 2 N–H and O–H groups in total. The maximum absolute atomic E-state index is 12.6. The summed E-state index contributed by atoms with van der Waals surface area (Å²) in [6.45, 7) is 4.61. The van der Waals surface area contributed by atoms with Crippen molar-refractivity contribution in [1.29, 1.82) is 0 Å². The van der Waals surface area contributed by atoms with Gasteiger partial charge in [0, 0.05) is 37.3 Å². The number of hydrogen-bond donors (Lipinski definition) is 1. The summed E-state index contributed by atoms with van der Waals surface area (Å²) in [6, 6.07) is 16.1. The van der Waals surface area contributed by atoms with Gasteiger partial charge in [0.05, 0.1) is 24.6 Å². The Morgan fingerprint density at radius 2 is 1.84 bits per heavy atom. The van der Waals surface area contributed by atoms with E-state index in [4.69, 9.17) is 19.9 Å². The highest BCUT2D eigenvalue weighted by atomic mass is 16.6. The SMILES string of the molecule is NC(=O)C1CCCCc2c1c1c(OCC(=O)OCCN3CCOCC3)cccc1n2Cc1ccccc1. The standard InChI is InChI=1S/C29H35N3O5/c30-29(34)22-9-4-5-10-23-27(22)28-24(32(23)19-21-7-2-1-3-8-21)11-6-12-25(28)37-20-26(33)36-18-15-31-13-16-35-17-14-31/h1-3,6-8,11-12,22H,4-5,9-10,13-20H2,(H2,30,34). The zero-order valence-electron chi connectivity index (χ0n) is 21.2. The zero-order valence-corrected chi connectivity index (χ0v) is 21.2. The largest absolute Gasteiger partial charge is 0.481 e. The van der Waals surface area contributed by atoms with Gasteiger partial charge in [0.2, 0.25) is 5.91 Å². The van der Waals surface area contributed by atoms with Gasteiger partial charge in [0.15, 0.2) is 6.61 Å². The average Bonchev–Trinajstić information content (AvgIpc) is 3.06. The number of carbonyl (C=O) groups is 2. The molecule has 1 aliphatic heterocycles. The first-order valence-corrected chi connectivity index (χ1v) is 13.2. The van der Waals surface area contributed by atoms with E-state index in [2.05, 4.69) is 27.7 Å². The smallest absolute Gasteiger partial charge is 0.344 e. The van der Waals surface area contributed by atoms with Crippen molar-refractivity contribution in [1.82, 2.24) is 9.47 Å². The first kappa shape index (κ1) is 25.3. The van der Waals surface area contributed by atoms with Crippen LogP contribution >= 0.6 is 0 Å². The van der Waals surface area contributed by atoms with Crippen molar-refractivity contribution in [3.8, 4) is 5.75 Å². The number of carbonyl (C=O) groups excluding carboxylic acids is 2. The predicted octanol–water partition coefficient (Wildman–Crippen LogP) is 3.24. The van der Waals surface area contributed by atoms with Crippen LogP contribution < -0.4 is 10.5 Å². The molecule has 1 unspecified atom stereocenters. The Kier molecular flexibility index (Phi) is 8.06. The number of fused-ring (bicyclic) bond motifs is 3. The van der Waals surface area contributed by atoms with Crippen molar-refractivity contribution in [2.24, 2.45) is 5.73 Å². The number of aromatic nitrogens is 1. The summed E-state index contributed by atoms with van der Waals surface area (Å²) in [7, 11) is 0. The third-order valence-electron chi connectivity index (χ3n) is 7.35. The molecule has 37 heavy (non-hydrogen) atoms. The summed E-state index contributed by atoms with van der Waals surface area (Å²) < 4.78 is 19.1. The molecule has 2 heterocycles. The van der Waals surface area contributed by atoms with Crippen LogP contribution in [0, 0.1) is 0 Å². The van der Waals surface area contributed by atoms with Gasteiger partial charge in [-0.3, -0.25) is 9.69 Å². The Morgan fingerprint density at radius 3 is 2.62 bits per heavy atom. The molecule has 0 spiro atoms. The Hall–Kier alpha value is -3.36. The summed E-state index contributed by atoms with van der Waals surface area (Å²) in [6.07, 6.45) is 3.51. The summed E-state index contributed by atoms with van der Waals surface area (Å²) in [5, 5.41) is 0.875. The summed E-state index contributed by atoms with van der Waals surface area (Å²) in [4.78, 5) is 27.3. The molecular weight excluding hydrogens is 470 g/mol. The zero-order chi connectivity index (χ0) is 25.6. The van der Waals surface area contributed by atoms with Gasteiger partial charge in [0.25, 0.3) is 0 Å². The third kappa shape index (κ3) is 5.81. The van der Waals surface area contributed by atoms with E-state index in [1.54, 1.807) is 0 Å². The Balaban J connectivity index is 1.40. The van der Waals surface area contributed by atoms with Gasteiger partial charge in [-0.25, -0.2) is 4.79 Å². The van der Waals surface area contributed by atoms with Crippen molar-refractivity contribution in [2.75, 3.05) is 46.1 Å². The minimum atomic E-state index is -0.411. The first-order chi connectivity index (χ1) is 18.1. The molecule has 2 aliphatic rings. The first-order valence-electron chi connectivity index (χ1n) is 13.2. The molecule has 8 heteroatoms. The van der Waals surface area contributed by atoms with Crippen molar-refractivity contribution in [3.63, 3.8) is 0 Å². The fraction of sp³-hybridized carbons (Fsp3) is 0.448. The fourth-order valence-corrected chi connectivity index (χ4v) is 5.52. The van der Waals surface area contributed by atoms with Crippen molar-refractivity contribution >= 4 is 22.8 Å². The van der Waals surface area contributed by atoms with Gasteiger partial charge < -0.3 is 24.5 Å². The van der Waals surface area contributed by atoms with Crippen LogP contribution in [0.4, 0.5) is 0 Å². The quantitative estimate of drug-likeness (QED) is 0.354. The van der Waals surface area contributed by atoms with Crippen molar-refractivity contribution in [3.05, 3.63) is 65.4 Å². The molecule has 1 aliphatic carbocycles. The van der Waals surface area contributed by atoms with E-state index >= 15 is 0 Å². The number of ether oxygens (including phenoxy) is 3. The highest BCUT2D eigenvalue weighted by molar-refractivity contribution is 5.97. The molecule has 0 saturated carbocycles. The normalized spacial score (nSPS) is 18.2. The minimum absolute atomic E-state index is 0.192. The molecular formula is C29H35N3O5. The lowest BCUT2D eigenvalue weighted by Gasteiger charge is -2.26. The fourth-order valence-electron chi connectivity index (χ4n) is 5.52. The number of nitrogens with two attached hydrogens (primary N) is 1. The maximum atomic E-state index is 12.6. The van der Waals surface area contributed by atoms with Crippen LogP contribution in [-0.4, -0.2) is 67.4 Å². The van der Waals surface area contributed by atoms with Crippen LogP contribution in [-0.2, 0) is 32.0 Å². The van der Waals surface area contributed by atoms with Crippen LogP contribution in [0.2, 0.25) is 0 Å². The van der Waals surface area contributed by atoms with E-state index in [9.17, 15) is 9.59 Å². The number of esters is 1. The number of benzene rings is 2. The molecule has 1 amide bonds. The van der Waals surface area contributed by atoms with E-state index in [1.807, 2.05) is 30.3 Å². The predicted molar refractivity (Wildman–Crippen MR) is 141 cm³/mol. The highest BCUT2D eigenvalue weighted by Gasteiger charge is 2.31. The molecule has 1 fully saturated rings. The molecule has 0 bridgehead atoms. The second kappa shape index (κ2) is 11.8. The molecule has 8 nitrogen and oxygen atoms in total. The molecule has 3 aromatic rings. The average molecular weight is 506 g/mol. The summed E-state index contributed by atoms with van der Waals surface area (Å²) in [5.41, 5.74) is 10.2. The van der Waals surface area contributed by atoms with Crippen molar-refractivity contribution in [2.45, 2.75) is 38.1 Å². The van der Waals surface area contributed by atoms with Gasteiger partial charge in [-0.15, -0.1) is 0 Å². The molecule has 1 atom stereocenters. The van der Waals surface area contributed by atoms with E-state index in [-0.39, 0.29) is 18.4 Å². The van der Waals surface area contributed by atoms with Crippen LogP contribution in [0.25, 0.3) is 10.9 Å². The number of rotatable bonds is 9. The van der Waals surface area contributed by atoms with Crippen LogP contribution in [0.5, 0.6) is 5.75 Å².